The van der Waals surface area contributed by atoms with Gasteiger partial charge in [0.1, 0.15) is 5.82 Å². The first-order valence-corrected chi connectivity index (χ1v) is 7.94. The van der Waals surface area contributed by atoms with E-state index < -0.39 is 18.0 Å². The number of anilines is 1. The molecule has 0 aliphatic heterocycles. The molecule has 1 aromatic heterocycles. The van der Waals surface area contributed by atoms with Gasteiger partial charge in [0.05, 0.1) is 11.8 Å². The van der Waals surface area contributed by atoms with Crippen molar-refractivity contribution < 1.29 is 14.3 Å². The maximum absolute atomic E-state index is 13.5. The highest BCUT2D eigenvalue weighted by atomic mass is 32.1. The number of aliphatic hydroxyl groups excluding tert-OH is 1. The topological polar surface area (TPSA) is 74.2 Å². The van der Waals surface area contributed by atoms with Gasteiger partial charge in [0, 0.05) is 23.4 Å². The average Bonchev–Trinajstić information content (AvgIpc) is 3.26. The Morgan fingerprint density at radius 2 is 2.23 bits per heavy atom. The van der Waals surface area contributed by atoms with Gasteiger partial charge in [0.15, 0.2) is 5.13 Å². The van der Waals surface area contributed by atoms with Crippen LogP contribution in [0.3, 0.4) is 0 Å². The maximum atomic E-state index is 13.5. The number of nitrogens with one attached hydrogen (secondary N) is 2. The number of rotatable bonds is 5. The van der Waals surface area contributed by atoms with Crippen molar-refractivity contribution in [3.63, 3.8) is 0 Å². The summed E-state index contributed by atoms with van der Waals surface area (Å²) >= 11 is 1.37. The van der Waals surface area contributed by atoms with E-state index in [1.807, 2.05) is 5.38 Å². The fourth-order valence-electron chi connectivity index (χ4n) is 2.10. The summed E-state index contributed by atoms with van der Waals surface area (Å²) in [6.45, 7) is -0.0758. The number of amides is 2. The van der Waals surface area contributed by atoms with Gasteiger partial charge in [-0.05, 0) is 18.9 Å². The lowest BCUT2D eigenvalue weighted by Crippen LogP contribution is -2.32. The number of halogens is 1. The fraction of sp³-hybridized carbons (Fsp3) is 0.333. The number of aromatic nitrogens is 1. The Balaban J connectivity index is 1.50. The summed E-state index contributed by atoms with van der Waals surface area (Å²) in [4.78, 5) is 16.1. The van der Waals surface area contributed by atoms with Crippen molar-refractivity contribution in [1.82, 2.24) is 10.3 Å². The third-order valence-electron chi connectivity index (χ3n) is 3.46. The van der Waals surface area contributed by atoms with Gasteiger partial charge < -0.3 is 10.4 Å². The standard InChI is InChI=1S/C15H16FN3O2S/c16-11-4-2-1-3-10(11)13(20)7-17-14(21)19-15-18-12(8-22-15)9-5-6-9/h1-4,8-9,13,20H,5-7H2,(H2,17,18,19,21). The van der Waals surface area contributed by atoms with Crippen molar-refractivity contribution in [2.75, 3.05) is 11.9 Å². The maximum Gasteiger partial charge on any atom is 0.321 e. The molecule has 1 saturated carbocycles. The molecule has 3 rings (SSSR count). The Bertz CT molecular complexity index is 672. The molecule has 1 aliphatic carbocycles. The molecule has 0 saturated heterocycles. The highest BCUT2D eigenvalue weighted by Crippen LogP contribution is 2.40. The number of hydrogen-bond donors (Lipinski definition) is 3. The monoisotopic (exact) mass is 321 g/mol. The van der Waals surface area contributed by atoms with E-state index in [2.05, 4.69) is 15.6 Å². The molecular weight excluding hydrogens is 305 g/mol. The number of benzene rings is 1. The molecule has 3 N–H and O–H groups in total. The van der Waals surface area contributed by atoms with Gasteiger partial charge in [-0.2, -0.15) is 0 Å². The van der Waals surface area contributed by atoms with E-state index in [4.69, 9.17) is 0 Å². The molecule has 2 aromatic rings. The van der Waals surface area contributed by atoms with Gasteiger partial charge in [-0.3, -0.25) is 5.32 Å². The van der Waals surface area contributed by atoms with Gasteiger partial charge in [0.2, 0.25) is 0 Å². The smallest absolute Gasteiger partial charge is 0.321 e. The number of nitrogens with zero attached hydrogens (tertiary/aromatic N) is 1. The van der Waals surface area contributed by atoms with E-state index in [1.165, 1.54) is 23.5 Å². The summed E-state index contributed by atoms with van der Waals surface area (Å²) in [6.07, 6.45) is 1.22. The lowest BCUT2D eigenvalue weighted by atomic mass is 10.1. The highest BCUT2D eigenvalue weighted by Gasteiger charge is 2.26. The van der Waals surface area contributed by atoms with Gasteiger partial charge >= 0.3 is 6.03 Å². The molecule has 1 aromatic carbocycles. The lowest BCUT2D eigenvalue weighted by Gasteiger charge is -2.12. The van der Waals surface area contributed by atoms with Gasteiger partial charge in [-0.1, -0.05) is 18.2 Å². The second-order valence-corrected chi connectivity index (χ2v) is 6.08. The van der Waals surface area contributed by atoms with Crippen molar-refractivity contribution in [3.8, 4) is 0 Å². The van der Waals surface area contributed by atoms with Crippen LogP contribution in [-0.2, 0) is 0 Å². The fourth-order valence-corrected chi connectivity index (χ4v) is 2.88. The zero-order valence-corrected chi connectivity index (χ0v) is 12.6. The van der Waals surface area contributed by atoms with E-state index in [9.17, 15) is 14.3 Å². The van der Waals surface area contributed by atoms with Crippen molar-refractivity contribution in [2.24, 2.45) is 0 Å². The zero-order valence-electron chi connectivity index (χ0n) is 11.8. The Labute approximate surface area is 131 Å². The Hall–Kier alpha value is -1.99. The molecule has 7 heteroatoms. The second-order valence-electron chi connectivity index (χ2n) is 5.22. The third kappa shape index (κ3) is 3.61. The second kappa shape index (κ2) is 6.41. The summed E-state index contributed by atoms with van der Waals surface area (Å²) in [5.41, 5.74) is 1.18. The minimum Gasteiger partial charge on any atom is -0.386 e. The van der Waals surface area contributed by atoms with Crippen LogP contribution in [0.5, 0.6) is 0 Å². The van der Waals surface area contributed by atoms with E-state index in [-0.39, 0.29) is 12.1 Å². The molecule has 5 nitrogen and oxygen atoms in total. The molecule has 116 valence electrons. The van der Waals surface area contributed by atoms with Gasteiger partial charge in [-0.25, -0.2) is 14.2 Å². The first-order valence-electron chi connectivity index (χ1n) is 7.06. The van der Waals surface area contributed by atoms with Crippen LogP contribution in [0, 0.1) is 5.82 Å². The van der Waals surface area contributed by atoms with Crippen LogP contribution in [0.4, 0.5) is 14.3 Å². The van der Waals surface area contributed by atoms with Crippen LogP contribution in [0.15, 0.2) is 29.6 Å². The molecule has 1 aliphatic rings. The molecule has 1 unspecified atom stereocenters. The highest BCUT2D eigenvalue weighted by molar-refractivity contribution is 7.13. The minimum atomic E-state index is -1.09. The van der Waals surface area contributed by atoms with Crippen molar-refractivity contribution >= 4 is 22.5 Å². The molecular formula is C15H16FN3O2S. The normalized spacial score (nSPS) is 15.4. The minimum absolute atomic E-state index is 0.0758. The van der Waals surface area contributed by atoms with Crippen molar-refractivity contribution in [1.29, 1.82) is 0 Å². The Kier molecular flexibility index (Phi) is 4.35. The lowest BCUT2D eigenvalue weighted by molar-refractivity contribution is 0.170. The number of thiazole rings is 1. The Morgan fingerprint density at radius 3 is 2.95 bits per heavy atom. The summed E-state index contributed by atoms with van der Waals surface area (Å²) in [6, 6.07) is 5.48. The zero-order chi connectivity index (χ0) is 15.5. The number of carbonyl (C=O) groups excluding carboxylic acids is 1. The third-order valence-corrected chi connectivity index (χ3v) is 4.23. The summed E-state index contributed by atoms with van der Waals surface area (Å²) in [5.74, 6) is 0.0453. The first kappa shape index (κ1) is 14.9. The SMILES string of the molecule is O=C(NCC(O)c1ccccc1F)Nc1nc(C2CC2)cs1. The average molecular weight is 321 g/mol. The number of aliphatic hydroxyl groups is 1. The molecule has 2 amide bonds. The number of urea groups is 1. The summed E-state index contributed by atoms with van der Waals surface area (Å²) < 4.78 is 13.5. The van der Waals surface area contributed by atoms with Crippen LogP contribution in [0.2, 0.25) is 0 Å². The van der Waals surface area contributed by atoms with E-state index in [0.29, 0.717) is 11.0 Å². The van der Waals surface area contributed by atoms with Gasteiger partial charge in [-0.15, -0.1) is 11.3 Å². The molecule has 1 heterocycles. The van der Waals surface area contributed by atoms with Crippen molar-refractivity contribution in [2.45, 2.75) is 24.9 Å². The number of carbonyl (C=O) groups is 1. The van der Waals surface area contributed by atoms with Crippen LogP contribution in [0.1, 0.15) is 36.1 Å². The molecule has 1 fully saturated rings. The van der Waals surface area contributed by atoms with Crippen LogP contribution < -0.4 is 10.6 Å². The summed E-state index contributed by atoms with van der Waals surface area (Å²) in [5, 5.41) is 17.5. The van der Waals surface area contributed by atoms with Crippen LogP contribution in [-0.4, -0.2) is 22.7 Å². The largest absolute Gasteiger partial charge is 0.386 e. The predicted octanol–water partition coefficient (Wildman–Crippen LogP) is 3.01. The van der Waals surface area contributed by atoms with Crippen LogP contribution in [0.25, 0.3) is 0 Å². The summed E-state index contributed by atoms with van der Waals surface area (Å²) in [7, 11) is 0. The molecule has 0 bridgehead atoms. The number of hydrogen-bond acceptors (Lipinski definition) is 4. The molecule has 1 atom stereocenters. The van der Waals surface area contributed by atoms with E-state index in [1.54, 1.807) is 12.1 Å². The quantitative estimate of drug-likeness (QED) is 0.792. The van der Waals surface area contributed by atoms with E-state index >= 15 is 0 Å². The predicted molar refractivity (Wildman–Crippen MR) is 82.5 cm³/mol. The Morgan fingerprint density at radius 1 is 1.45 bits per heavy atom. The molecule has 22 heavy (non-hydrogen) atoms. The van der Waals surface area contributed by atoms with Crippen LogP contribution >= 0.6 is 11.3 Å². The molecule has 0 radical (unpaired) electrons. The first-order chi connectivity index (χ1) is 10.6. The molecule has 0 spiro atoms. The van der Waals surface area contributed by atoms with Crippen molar-refractivity contribution in [3.05, 3.63) is 46.7 Å². The van der Waals surface area contributed by atoms with E-state index in [0.717, 1.165) is 18.5 Å². The van der Waals surface area contributed by atoms with Gasteiger partial charge in [0.25, 0.3) is 0 Å².